The highest BCUT2D eigenvalue weighted by molar-refractivity contribution is 5.76. The Hall–Kier alpha value is -0.570. The summed E-state index contributed by atoms with van der Waals surface area (Å²) in [5.41, 5.74) is 0. The van der Waals surface area contributed by atoms with Gasteiger partial charge in [0.25, 0.3) is 0 Å². The second-order valence-corrected chi connectivity index (χ2v) is 4.26. The third kappa shape index (κ3) is 2.44. The highest BCUT2D eigenvalue weighted by Gasteiger charge is 2.22. The first-order valence-corrected chi connectivity index (χ1v) is 5.34. The predicted molar refractivity (Wildman–Crippen MR) is 51.4 cm³/mol. The van der Waals surface area contributed by atoms with E-state index in [0.29, 0.717) is 12.0 Å². The Bertz CT molecular complexity index is 183. The van der Waals surface area contributed by atoms with Crippen LogP contribution in [0.1, 0.15) is 32.1 Å². The molecule has 1 aliphatic heterocycles. The lowest BCUT2D eigenvalue weighted by molar-refractivity contribution is -0.123. The lowest BCUT2D eigenvalue weighted by Crippen LogP contribution is -2.37. The van der Waals surface area contributed by atoms with Gasteiger partial charge in [0.05, 0.1) is 0 Å². The molecule has 0 aromatic rings. The van der Waals surface area contributed by atoms with Gasteiger partial charge in [0, 0.05) is 19.0 Å². The van der Waals surface area contributed by atoms with Crippen molar-refractivity contribution in [1.82, 2.24) is 10.6 Å². The lowest BCUT2D eigenvalue weighted by Gasteiger charge is -2.25. The molecule has 2 rings (SSSR count). The lowest BCUT2D eigenvalue weighted by atomic mass is 9.83. The van der Waals surface area contributed by atoms with Crippen molar-refractivity contribution < 1.29 is 4.79 Å². The topological polar surface area (TPSA) is 41.1 Å². The molecule has 0 aromatic heterocycles. The Morgan fingerprint density at radius 1 is 1.38 bits per heavy atom. The summed E-state index contributed by atoms with van der Waals surface area (Å²) < 4.78 is 0. The van der Waals surface area contributed by atoms with Crippen LogP contribution in [0.5, 0.6) is 0 Å². The molecule has 3 nitrogen and oxygen atoms in total. The van der Waals surface area contributed by atoms with Gasteiger partial charge in [0.1, 0.15) is 0 Å². The van der Waals surface area contributed by atoms with Crippen molar-refractivity contribution >= 4 is 5.91 Å². The summed E-state index contributed by atoms with van der Waals surface area (Å²) in [6.07, 6.45) is 5.70. The van der Waals surface area contributed by atoms with Gasteiger partial charge < -0.3 is 10.6 Å². The number of carbonyl (C=O) groups excluding carboxylic acids is 1. The maximum absolute atomic E-state index is 11.5. The van der Waals surface area contributed by atoms with E-state index in [1.807, 2.05) is 0 Å². The summed E-state index contributed by atoms with van der Waals surface area (Å²) in [5.74, 6) is 0.952. The molecule has 0 spiro atoms. The van der Waals surface area contributed by atoms with Crippen molar-refractivity contribution in [2.45, 2.75) is 38.1 Å². The van der Waals surface area contributed by atoms with Crippen molar-refractivity contribution in [1.29, 1.82) is 0 Å². The quantitative estimate of drug-likeness (QED) is 0.673. The van der Waals surface area contributed by atoms with Crippen LogP contribution in [-0.2, 0) is 4.79 Å². The van der Waals surface area contributed by atoms with Crippen LogP contribution in [0.15, 0.2) is 0 Å². The molecular weight excluding hydrogens is 164 g/mol. The van der Waals surface area contributed by atoms with E-state index in [4.69, 9.17) is 0 Å². The summed E-state index contributed by atoms with van der Waals surface area (Å²) in [4.78, 5) is 11.5. The monoisotopic (exact) mass is 182 g/mol. The number of nitrogens with one attached hydrogen (secondary N) is 2. The van der Waals surface area contributed by atoms with Gasteiger partial charge in [0.2, 0.25) is 5.91 Å². The highest BCUT2D eigenvalue weighted by Crippen LogP contribution is 2.29. The van der Waals surface area contributed by atoms with Crippen LogP contribution in [0.2, 0.25) is 0 Å². The van der Waals surface area contributed by atoms with E-state index in [-0.39, 0.29) is 5.91 Å². The van der Waals surface area contributed by atoms with Crippen LogP contribution in [0, 0.1) is 5.92 Å². The van der Waals surface area contributed by atoms with Crippen molar-refractivity contribution in [3.05, 3.63) is 0 Å². The van der Waals surface area contributed by atoms with Gasteiger partial charge in [0.15, 0.2) is 0 Å². The largest absolute Gasteiger partial charge is 0.352 e. The van der Waals surface area contributed by atoms with Gasteiger partial charge in [-0.2, -0.15) is 0 Å². The molecule has 0 radical (unpaired) electrons. The van der Waals surface area contributed by atoms with E-state index in [1.54, 1.807) is 0 Å². The maximum atomic E-state index is 11.5. The molecule has 1 saturated carbocycles. The van der Waals surface area contributed by atoms with Crippen LogP contribution in [0.25, 0.3) is 0 Å². The SMILES string of the molecule is O=C(CC1CCC1)N[C@@H]1CCNC1. The molecule has 1 heterocycles. The molecule has 0 bridgehead atoms. The molecular formula is C10H18N2O. The van der Waals surface area contributed by atoms with Crippen molar-refractivity contribution in [3.63, 3.8) is 0 Å². The molecule has 0 unspecified atom stereocenters. The molecule has 2 aliphatic rings. The van der Waals surface area contributed by atoms with E-state index in [9.17, 15) is 4.79 Å². The minimum atomic E-state index is 0.262. The molecule has 0 aromatic carbocycles. The smallest absolute Gasteiger partial charge is 0.220 e. The zero-order valence-corrected chi connectivity index (χ0v) is 8.01. The normalized spacial score (nSPS) is 28.5. The summed E-state index contributed by atoms with van der Waals surface area (Å²) >= 11 is 0. The van der Waals surface area contributed by atoms with Gasteiger partial charge in [-0.1, -0.05) is 6.42 Å². The van der Waals surface area contributed by atoms with Gasteiger partial charge in [-0.15, -0.1) is 0 Å². The minimum absolute atomic E-state index is 0.262. The molecule has 2 N–H and O–H groups in total. The molecule has 1 aliphatic carbocycles. The Labute approximate surface area is 79.3 Å². The van der Waals surface area contributed by atoms with Crippen molar-refractivity contribution in [2.24, 2.45) is 5.92 Å². The molecule has 3 heteroatoms. The van der Waals surface area contributed by atoms with Crippen molar-refractivity contribution in [3.8, 4) is 0 Å². The van der Waals surface area contributed by atoms with Crippen LogP contribution < -0.4 is 10.6 Å². The Kier molecular flexibility index (Phi) is 2.83. The standard InChI is InChI=1S/C10H18N2O/c13-10(6-8-2-1-3-8)12-9-4-5-11-7-9/h8-9,11H,1-7H2,(H,12,13)/t9-/m1/s1. The van der Waals surface area contributed by atoms with E-state index in [0.717, 1.165) is 25.9 Å². The first kappa shape index (κ1) is 9.00. The average Bonchev–Trinajstić information content (AvgIpc) is 2.49. The van der Waals surface area contributed by atoms with E-state index in [1.165, 1.54) is 19.3 Å². The van der Waals surface area contributed by atoms with E-state index in [2.05, 4.69) is 10.6 Å². The molecule has 1 amide bonds. The van der Waals surface area contributed by atoms with Crippen LogP contribution in [-0.4, -0.2) is 25.0 Å². The number of amides is 1. The first-order chi connectivity index (χ1) is 6.34. The zero-order chi connectivity index (χ0) is 9.10. The molecule has 1 saturated heterocycles. The third-order valence-corrected chi connectivity index (χ3v) is 3.12. The molecule has 1 atom stereocenters. The predicted octanol–water partition coefficient (Wildman–Crippen LogP) is 0.655. The minimum Gasteiger partial charge on any atom is -0.352 e. The average molecular weight is 182 g/mol. The number of carbonyl (C=O) groups is 1. The Balaban J connectivity index is 1.64. The fraction of sp³-hybridized carbons (Fsp3) is 0.900. The van der Waals surface area contributed by atoms with Gasteiger partial charge in [-0.05, 0) is 31.7 Å². The summed E-state index contributed by atoms with van der Waals surface area (Å²) in [6, 6.07) is 0.396. The molecule has 2 fully saturated rings. The fourth-order valence-electron chi connectivity index (χ4n) is 2.02. The van der Waals surface area contributed by atoms with E-state index < -0.39 is 0 Å². The molecule has 74 valence electrons. The van der Waals surface area contributed by atoms with Crippen LogP contribution >= 0.6 is 0 Å². The number of hydrogen-bond acceptors (Lipinski definition) is 2. The van der Waals surface area contributed by atoms with Crippen LogP contribution in [0.3, 0.4) is 0 Å². The highest BCUT2D eigenvalue weighted by atomic mass is 16.1. The van der Waals surface area contributed by atoms with Gasteiger partial charge in [-0.3, -0.25) is 4.79 Å². The summed E-state index contributed by atoms with van der Waals surface area (Å²) in [7, 11) is 0. The molecule has 13 heavy (non-hydrogen) atoms. The number of hydrogen-bond donors (Lipinski definition) is 2. The second kappa shape index (κ2) is 4.09. The first-order valence-electron chi connectivity index (χ1n) is 5.34. The van der Waals surface area contributed by atoms with Crippen molar-refractivity contribution in [2.75, 3.05) is 13.1 Å². The third-order valence-electron chi connectivity index (χ3n) is 3.12. The Morgan fingerprint density at radius 2 is 2.23 bits per heavy atom. The Morgan fingerprint density at radius 3 is 2.77 bits per heavy atom. The second-order valence-electron chi connectivity index (χ2n) is 4.26. The van der Waals surface area contributed by atoms with E-state index >= 15 is 0 Å². The zero-order valence-electron chi connectivity index (χ0n) is 8.01. The summed E-state index contributed by atoms with van der Waals surface area (Å²) in [6.45, 7) is 2.00. The number of rotatable bonds is 3. The van der Waals surface area contributed by atoms with Gasteiger partial charge in [-0.25, -0.2) is 0 Å². The fourth-order valence-corrected chi connectivity index (χ4v) is 2.02. The van der Waals surface area contributed by atoms with Crippen LogP contribution in [0.4, 0.5) is 0 Å². The van der Waals surface area contributed by atoms with Gasteiger partial charge >= 0.3 is 0 Å². The summed E-state index contributed by atoms with van der Waals surface area (Å²) in [5, 5.41) is 6.32. The maximum Gasteiger partial charge on any atom is 0.220 e.